The quantitative estimate of drug-likeness (QED) is 0.319. The number of hydrogen-bond donors (Lipinski definition) is 1. The van der Waals surface area contributed by atoms with Crippen molar-refractivity contribution < 1.29 is 14.3 Å². The number of aryl methyl sites for hydroxylation is 1. The van der Waals surface area contributed by atoms with Gasteiger partial charge in [-0.25, -0.2) is 4.39 Å². The lowest BCUT2D eigenvalue weighted by Crippen LogP contribution is -2.31. The lowest BCUT2D eigenvalue weighted by molar-refractivity contribution is 0.0963. The zero-order chi connectivity index (χ0) is 24.2. The van der Waals surface area contributed by atoms with E-state index in [4.69, 9.17) is 11.6 Å². The number of aromatic nitrogens is 1. The Hall–Kier alpha value is -3.70. The molecule has 0 amide bonds. The molecule has 0 spiro atoms. The first-order chi connectivity index (χ1) is 16.3. The van der Waals surface area contributed by atoms with Crippen LogP contribution >= 0.6 is 11.6 Å². The average Bonchev–Trinajstić information content (AvgIpc) is 2.82. The van der Waals surface area contributed by atoms with Crippen molar-refractivity contribution in [2.45, 2.75) is 25.3 Å². The van der Waals surface area contributed by atoms with Gasteiger partial charge in [-0.05, 0) is 60.5 Å². The van der Waals surface area contributed by atoms with E-state index in [0.717, 1.165) is 11.1 Å². The van der Waals surface area contributed by atoms with Gasteiger partial charge in [0.2, 0.25) is 0 Å². The van der Waals surface area contributed by atoms with Crippen LogP contribution in [0.1, 0.15) is 45.6 Å². The molecule has 0 aliphatic rings. The maximum absolute atomic E-state index is 14.4. The fourth-order valence-corrected chi connectivity index (χ4v) is 4.44. The van der Waals surface area contributed by atoms with E-state index in [0.29, 0.717) is 10.7 Å². The summed E-state index contributed by atoms with van der Waals surface area (Å²) in [7, 11) is 0. The van der Waals surface area contributed by atoms with Gasteiger partial charge in [-0.2, -0.15) is 0 Å². The van der Waals surface area contributed by atoms with E-state index in [9.17, 15) is 19.1 Å². The molecule has 172 valence electrons. The third kappa shape index (κ3) is 4.95. The third-order valence-electron chi connectivity index (χ3n) is 5.97. The summed E-state index contributed by atoms with van der Waals surface area (Å²) in [5.74, 6) is -1.39. The Morgan fingerprint density at radius 3 is 2.21 bits per heavy atom. The van der Waals surface area contributed by atoms with Crippen molar-refractivity contribution in [3.63, 3.8) is 0 Å². The summed E-state index contributed by atoms with van der Waals surface area (Å²) in [4.78, 5) is 26.4. The van der Waals surface area contributed by atoms with Crippen molar-refractivity contribution >= 4 is 17.4 Å². The highest BCUT2D eigenvalue weighted by Crippen LogP contribution is 2.39. The second kappa shape index (κ2) is 10.1. The predicted octanol–water partition coefficient (Wildman–Crippen LogP) is 6.30. The van der Waals surface area contributed by atoms with Crippen LogP contribution in [0.4, 0.5) is 4.39 Å². The fraction of sp³-hybridized carbons (Fsp3) is 0.143. The van der Waals surface area contributed by atoms with Crippen molar-refractivity contribution in [3.05, 3.63) is 135 Å². The van der Waals surface area contributed by atoms with Crippen LogP contribution in [0.3, 0.4) is 0 Å². The summed E-state index contributed by atoms with van der Waals surface area (Å²) in [6.07, 6.45) is -0.0467. The molecule has 0 radical (unpaired) electrons. The number of carbonyl (C=O) groups excluding carboxylic acids is 1. The molecule has 4 aromatic rings. The minimum atomic E-state index is -0.591. The van der Waals surface area contributed by atoms with Gasteiger partial charge in [-0.1, -0.05) is 54.1 Å². The molecule has 0 saturated carbocycles. The Morgan fingerprint density at radius 1 is 0.912 bits per heavy atom. The first-order valence-electron chi connectivity index (χ1n) is 10.9. The largest absolute Gasteiger partial charge is 0.508 e. The monoisotopic (exact) mass is 475 g/mol. The summed E-state index contributed by atoms with van der Waals surface area (Å²) < 4.78 is 16.1. The summed E-state index contributed by atoms with van der Waals surface area (Å²) >= 11 is 6.12. The van der Waals surface area contributed by atoms with Gasteiger partial charge in [-0.15, -0.1) is 0 Å². The van der Waals surface area contributed by atoms with Crippen LogP contribution in [0.25, 0.3) is 0 Å². The molecule has 0 saturated heterocycles. The van der Waals surface area contributed by atoms with Crippen LogP contribution in [0, 0.1) is 12.7 Å². The molecule has 0 fully saturated rings. The predicted molar refractivity (Wildman–Crippen MR) is 131 cm³/mol. The fourth-order valence-electron chi connectivity index (χ4n) is 4.31. The summed E-state index contributed by atoms with van der Waals surface area (Å²) in [6.45, 7) is 1.83. The van der Waals surface area contributed by atoms with E-state index in [2.05, 4.69) is 0 Å². The van der Waals surface area contributed by atoms with Gasteiger partial charge in [-0.3, -0.25) is 9.59 Å². The van der Waals surface area contributed by atoms with Gasteiger partial charge in [0.15, 0.2) is 5.78 Å². The number of rotatable bonds is 7. The lowest BCUT2D eigenvalue weighted by Gasteiger charge is -2.31. The highest BCUT2D eigenvalue weighted by Gasteiger charge is 2.31. The Morgan fingerprint density at radius 2 is 1.56 bits per heavy atom. The van der Waals surface area contributed by atoms with E-state index in [1.807, 2.05) is 25.1 Å². The summed E-state index contributed by atoms with van der Waals surface area (Å²) in [5, 5.41) is 10.4. The molecule has 0 unspecified atom stereocenters. The minimum absolute atomic E-state index is 0.00282. The van der Waals surface area contributed by atoms with Crippen LogP contribution in [0.2, 0.25) is 5.02 Å². The molecule has 1 heterocycles. The second-order valence-corrected chi connectivity index (χ2v) is 8.61. The summed E-state index contributed by atoms with van der Waals surface area (Å²) in [5.41, 5.74) is 2.00. The number of benzene rings is 3. The zero-order valence-electron chi connectivity index (χ0n) is 18.5. The number of ketones is 1. The number of aromatic hydroxyl groups is 1. The number of pyridine rings is 1. The van der Waals surface area contributed by atoms with Crippen LogP contribution < -0.4 is 5.56 Å². The Balaban J connectivity index is 1.91. The van der Waals surface area contributed by atoms with E-state index in [1.54, 1.807) is 53.1 Å². The van der Waals surface area contributed by atoms with Crippen LogP contribution in [0.15, 0.2) is 95.8 Å². The molecule has 0 aliphatic carbocycles. The zero-order valence-corrected chi connectivity index (χ0v) is 19.2. The van der Waals surface area contributed by atoms with Crippen molar-refractivity contribution in [2.75, 3.05) is 0 Å². The van der Waals surface area contributed by atoms with Crippen LogP contribution in [-0.4, -0.2) is 15.5 Å². The molecule has 1 N–H and O–H groups in total. The molecule has 2 atom stereocenters. The van der Waals surface area contributed by atoms with Gasteiger partial charge in [0.1, 0.15) is 11.6 Å². The number of carbonyl (C=O) groups is 1. The molecule has 0 bridgehead atoms. The van der Waals surface area contributed by atoms with E-state index >= 15 is 0 Å². The maximum atomic E-state index is 14.4. The van der Waals surface area contributed by atoms with Gasteiger partial charge in [0.05, 0.1) is 11.6 Å². The first-order valence-corrected chi connectivity index (χ1v) is 11.2. The van der Waals surface area contributed by atoms with Crippen LogP contribution in [-0.2, 0) is 0 Å². The average molecular weight is 476 g/mol. The van der Waals surface area contributed by atoms with E-state index in [-0.39, 0.29) is 29.1 Å². The molecule has 4 nitrogen and oxygen atoms in total. The number of halogens is 2. The smallest absolute Gasteiger partial charge is 0.251 e. The molecule has 4 rings (SSSR count). The van der Waals surface area contributed by atoms with Crippen molar-refractivity contribution in [1.29, 1.82) is 0 Å². The normalized spacial score (nSPS) is 12.8. The second-order valence-electron chi connectivity index (χ2n) is 8.18. The molecule has 6 heteroatoms. The van der Waals surface area contributed by atoms with Gasteiger partial charge in [0, 0.05) is 29.1 Å². The van der Waals surface area contributed by atoms with Gasteiger partial charge >= 0.3 is 0 Å². The number of nitrogens with zero attached hydrogens (tertiary/aromatic N) is 1. The number of phenols is 1. The maximum Gasteiger partial charge on any atom is 0.251 e. The molecular formula is C28H23ClFNO3. The standard InChI is InChI=1S/C28H23ClFNO3/c1-18-5-4-8-27(34)31(18)28(20-11-15-22(32)16-12-20)24(19-9-13-21(29)14-10-19)17-26(33)23-6-2-3-7-25(23)30/h2-16,24,28,32H,17H2,1H3/t24-,28+/m1/s1. The Labute approximate surface area is 201 Å². The number of phenolic OH excluding ortho intramolecular Hbond substituents is 1. The summed E-state index contributed by atoms with van der Waals surface area (Å²) in [6, 6.07) is 23.9. The lowest BCUT2D eigenvalue weighted by atomic mass is 9.82. The molecule has 1 aromatic heterocycles. The molecule has 3 aromatic carbocycles. The SMILES string of the molecule is Cc1cccc(=O)n1[C@@H](c1ccc(O)cc1)[C@H](CC(=O)c1ccccc1F)c1ccc(Cl)cc1. The van der Waals surface area contributed by atoms with Crippen molar-refractivity contribution in [3.8, 4) is 5.75 Å². The molecule has 34 heavy (non-hydrogen) atoms. The number of Topliss-reactive ketones (excluding diaryl/α,β-unsaturated/α-hetero) is 1. The highest BCUT2D eigenvalue weighted by atomic mass is 35.5. The van der Waals surface area contributed by atoms with Crippen molar-refractivity contribution in [1.82, 2.24) is 4.57 Å². The Bertz CT molecular complexity index is 1360. The Kier molecular flexibility index (Phi) is 6.94. The van der Waals surface area contributed by atoms with Gasteiger partial charge < -0.3 is 9.67 Å². The molecular weight excluding hydrogens is 453 g/mol. The van der Waals surface area contributed by atoms with E-state index in [1.165, 1.54) is 24.3 Å². The van der Waals surface area contributed by atoms with Gasteiger partial charge in [0.25, 0.3) is 5.56 Å². The number of hydrogen-bond acceptors (Lipinski definition) is 3. The topological polar surface area (TPSA) is 59.3 Å². The first kappa shape index (κ1) is 23.5. The minimum Gasteiger partial charge on any atom is -0.508 e. The molecule has 0 aliphatic heterocycles. The third-order valence-corrected chi connectivity index (χ3v) is 6.22. The van der Waals surface area contributed by atoms with Crippen LogP contribution in [0.5, 0.6) is 5.75 Å². The van der Waals surface area contributed by atoms with E-state index < -0.39 is 17.8 Å². The highest BCUT2D eigenvalue weighted by molar-refractivity contribution is 6.30. The van der Waals surface area contributed by atoms with Crippen molar-refractivity contribution in [2.24, 2.45) is 0 Å².